The minimum absolute atomic E-state index is 0.127. The molecule has 0 radical (unpaired) electrons. The van der Waals surface area contributed by atoms with Crippen LogP contribution in [0.4, 0.5) is 0 Å². The van der Waals surface area contributed by atoms with E-state index in [9.17, 15) is 4.79 Å². The first-order chi connectivity index (χ1) is 8.16. The maximum Gasteiger partial charge on any atom is 0.227 e. The third-order valence-electron chi connectivity index (χ3n) is 3.49. The summed E-state index contributed by atoms with van der Waals surface area (Å²) in [6, 6.07) is 4.03. The summed E-state index contributed by atoms with van der Waals surface area (Å²) in [4.78, 5) is 13.3. The van der Waals surface area contributed by atoms with Gasteiger partial charge in [-0.2, -0.15) is 0 Å². The Morgan fingerprint density at radius 2 is 2.18 bits per heavy atom. The molecule has 1 heterocycles. The molecule has 0 unspecified atom stereocenters. The minimum atomic E-state index is -0.297. The molecule has 17 heavy (non-hydrogen) atoms. The topological polar surface area (TPSA) is 55.1 Å². The van der Waals surface area contributed by atoms with E-state index < -0.39 is 0 Å². The Kier molecular flexibility index (Phi) is 4.22. The highest BCUT2D eigenvalue weighted by Crippen LogP contribution is 2.37. The van der Waals surface area contributed by atoms with E-state index in [0.717, 1.165) is 34.3 Å². The molecule has 1 aliphatic rings. The van der Waals surface area contributed by atoms with Crippen molar-refractivity contribution >= 4 is 33.2 Å². The summed E-state index contributed by atoms with van der Waals surface area (Å²) in [6.07, 6.45) is 4.11. The fraction of sp³-hybridized carbons (Fsp3) is 0.583. The lowest BCUT2D eigenvalue weighted by atomic mass is 9.85. The summed E-state index contributed by atoms with van der Waals surface area (Å²) in [5.74, 6) is 0.127. The lowest BCUT2D eigenvalue weighted by Crippen LogP contribution is -2.43. The number of carbonyl (C=O) groups is 1. The van der Waals surface area contributed by atoms with Gasteiger partial charge in [0.05, 0.1) is 15.7 Å². The summed E-state index contributed by atoms with van der Waals surface area (Å²) >= 11 is 5.06. The number of rotatable bonds is 4. The van der Waals surface area contributed by atoms with Crippen molar-refractivity contribution in [3.63, 3.8) is 0 Å². The molecule has 3 N–H and O–H groups in total. The molecule has 1 saturated carbocycles. The number of nitrogens with one attached hydrogen (secondary N) is 1. The van der Waals surface area contributed by atoms with E-state index in [4.69, 9.17) is 5.73 Å². The van der Waals surface area contributed by atoms with Crippen LogP contribution in [0.2, 0.25) is 0 Å². The largest absolute Gasteiger partial charge is 0.351 e. The van der Waals surface area contributed by atoms with E-state index in [0.29, 0.717) is 13.1 Å². The van der Waals surface area contributed by atoms with Crippen LogP contribution in [0.25, 0.3) is 0 Å². The Labute approximate surface area is 114 Å². The Morgan fingerprint density at radius 3 is 2.71 bits per heavy atom. The van der Waals surface area contributed by atoms with Gasteiger partial charge in [-0.3, -0.25) is 4.79 Å². The number of amides is 1. The quantitative estimate of drug-likeness (QED) is 0.897. The van der Waals surface area contributed by atoms with Gasteiger partial charge in [-0.15, -0.1) is 11.3 Å². The molecular weight excluding hydrogens is 300 g/mol. The Morgan fingerprint density at radius 1 is 1.47 bits per heavy atom. The van der Waals surface area contributed by atoms with Crippen LogP contribution in [-0.4, -0.2) is 12.5 Å². The van der Waals surface area contributed by atoms with Crippen LogP contribution in [0.5, 0.6) is 0 Å². The fourth-order valence-corrected chi connectivity index (χ4v) is 3.80. The molecule has 0 spiro atoms. The van der Waals surface area contributed by atoms with Crippen LogP contribution < -0.4 is 11.1 Å². The third kappa shape index (κ3) is 2.89. The number of nitrogens with two attached hydrogens (primary N) is 1. The average Bonchev–Trinajstić information content (AvgIpc) is 2.95. The molecule has 0 saturated heterocycles. The Bertz CT molecular complexity index is 399. The lowest BCUT2D eigenvalue weighted by Gasteiger charge is -2.25. The van der Waals surface area contributed by atoms with Gasteiger partial charge < -0.3 is 11.1 Å². The van der Waals surface area contributed by atoms with Crippen molar-refractivity contribution in [1.29, 1.82) is 0 Å². The number of thiophene rings is 1. The van der Waals surface area contributed by atoms with Gasteiger partial charge in [0.2, 0.25) is 5.91 Å². The van der Waals surface area contributed by atoms with E-state index in [1.165, 1.54) is 0 Å². The molecule has 0 bridgehead atoms. The molecule has 0 aromatic carbocycles. The van der Waals surface area contributed by atoms with E-state index >= 15 is 0 Å². The SMILES string of the molecule is NCC1(C(=O)NCc2ccc(Br)s2)CCCC1. The van der Waals surface area contributed by atoms with E-state index in [-0.39, 0.29) is 11.3 Å². The second-order valence-electron chi connectivity index (χ2n) is 4.58. The summed E-state index contributed by atoms with van der Waals surface area (Å²) in [5, 5.41) is 3.02. The van der Waals surface area contributed by atoms with Crippen LogP contribution in [0, 0.1) is 5.41 Å². The monoisotopic (exact) mass is 316 g/mol. The highest BCUT2D eigenvalue weighted by molar-refractivity contribution is 9.11. The Hall–Kier alpha value is -0.390. The fourth-order valence-electron chi connectivity index (χ4n) is 2.38. The molecule has 1 fully saturated rings. The Balaban J connectivity index is 1.92. The average molecular weight is 317 g/mol. The predicted octanol–water partition coefficient (Wildman–Crippen LogP) is 2.65. The minimum Gasteiger partial charge on any atom is -0.351 e. The number of carbonyl (C=O) groups excluding carboxylic acids is 1. The van der Waals surface area contributed by atoms with Gasteiger partial charge in [-0.05, 0) is 40.9 Å². The molecule has 2 rings (SSSR count). The van der Waals surface area contributed by atoms with Gasteiger partial charge in [-0.25, -0.2) is 0 Å². The first-order valence-electron chi connectivity index (χ1n) is 5.89. The van der Waals surface area contributed by atoms with Gasteiger partial charge in [0, 0.05) is 11.4 Å². The predicted molar refractivity (Wildman–Crippen MR) is 73.8 cm³/mol. The van der Waals surface area contributed by atoms with E-state index in [2.05, 4.69) is 21.2 Å². The first-order valence-corrected chi connectivity index (χ1v) is 7.50. The maximum atomic E-state index is 12.2. The molecule has 0 atom stereocenters. The summed E-state index contributed by atoms with van der Waals surface area (Å²) in [6.45, 7) is 1.07. The molecule has 1 aromatic heterocycles. The zero-order chi connectivity index (χ0) is 12.3. The van der Waals surface area contributed by atoms with Crippen molar-refractivity contribution in [3.05, 3.63) is 20.8 Å². The maximum absolute atomic E-state index is 12.2. The molecule has 3 nitrogen and oxygen atoms in total. The van der Waals surface area contributed by atoms with Crippen molar-refractivity contribution in [1.82, 2.24) is 5.32 Å². The lowest BCUT2D eigenvalue weighted by molar-refractivity contribution is -0.130. The van der Waals surface area contributed by atoms with E-state index in [1.807, 2.05) is 12.1 Å². The van der Waals surface area contributed by atoms with Gasteiger partial charge in [0.15, 0.2) is 0 Å². The van der Waals surface area contributed by atoms with Crippen LogP contribution in [0.1, 0.15) is 30.6 Å². The normalized spacial score (nSPS) is 18.2. The molecule has 5 heteroatoms. The second-order valence-corrected chi connectivity index (χ2v) is 7.13. The van der Waals surface area contributed by atoms with Crippen LogP contribution >= 0.6 is 27.3 Å². The number of hydrogen-bond donors (Lipinski definition) is 2. The highest BCUT2D eigenvalue weighted by atomic mass is 79.9. The number of hydrogen-bond acceptors (Lipinski definition) is 3. The van der Waals surface area contributed by atoms with Gasteiger partial charge in [0.1, 0.15) is 0 Å². The zero-order valence-electron chi connectivity index (χ0n) is 9.67. The van der Waals surface area contributed by atoms with Gasteiger partial charge in [0.25, 0.3) is 0 Å². The van der Waals surface area contributed by atoms with E-state index in [1.54, 1.807) is 11.3 Å². The van der Waals surface area contributed by atoms with Crippen molar-refractivity contribution in [3.8, 4) is 0 Å². The van der Waals surface area contributed by atoms with Crippen molar-refractivity contribution in [2.45, 2.75) is 32.2 Å². The van der Waals surface area contributed by atoms with Crippen LogP contribution in [0.15, 0.2) is 15.9 Å². The zero-order valence-corrected chi connectivity index (χ0v) is 12.1. The highest BCUT2D eigenvalue weighted by Gasteiger charge is 2.39. The second kappa shape index (κ2) is 5.50. The summed E-state index contributed by atoms with van der Waals surface area (Å²) in [7, 11) is 0. The standard InChI is InChI=1S/C12H17BrN2OS/c13-10-4-3-9(17-10)7-15-11(16)12(8-14)5-1-2-6-12/h3-4H,1-2,5-8,14H2,(H,15,16). The molecule has 94 valence electrons. The molecule has 1 amide bonds. The van der Waals surface area contributed by atoms with Crippen molar-refractivity contribution < 1.29 is 4.79 Å². The first kappa shape index (κ1) is 13.1. The molecule has 1 aliphatic carbocycles. The smallest absolute Gasteiger partial charge is 0.227 e. The number of halogens is 1. The third-order valence-corrected chi connectivity index (χ3v) is 5.11. The molecule has 1 aromatic rings. The van der Waals surface area contributed by atoms with Crippen LogP contribution in [0.3, 0.4) is 0 Å². The summed E-state index contributed by atoms with van der Waals surface area (Å²) in [5.41, 5.74) is 5.48. The van der Waals surface area contributed by atoms with Crippen molar-refractivity contribution in [2.75, 3.05) is 6.54 Å². The molecular formula is C12H17BrN2OS. The van der Waals surface area contributed by atoms with Crippen molar-refractivity contribution in [2.24, 2.45) is 11.1 Å². The summed E-state index contributed by atoms with van der Waals surface area (Å²) < 4.78 is 1.09. The van der Waals surface area contributed by atoms with Crippen LogP contribution in [-0.2, 0) is 11.3 Å². The molecule has 0 aliphatic heterocycles. The van der Waals surface area contributed by atoms with Gasteiger partial charge >= 0.3 is 0 Å². The van der Waals surface area contributed by atoms with Gasteiger partial charge in [-0.1, -0.05) is 12.8 Å².